The quantitative estimate of drug-likeness (QED) is 0.589. The molecule has 0 saturated heterocycles. The van der Waals surface area contributed by atoms with Crippen LogP contribution < -0.4 is 0 Å². The molecule has 2 aromatic carbocycles. The van der Waals surface area contributed by atoms with Crippen molar-refractivity contribution in [2.24, 2.45) is 0 Å². The molecule has 130 valence electrons. The van der Waals surface area contributed by atoms with Gasteiger partial charge in [0.15, 0.2) is 0 Å². The summed E-state index contributed by atoms with van der Waals surface area (Å²) in [5, 5.41) is 20.1. The van der Waals surface area contributed by atoms with Crippen LogP contribution in [0, 0.1) is 11.3 Å². The molecule has 0 fully saturated rings. The van der Waals surface area contributed by atoms with E-state index in [4.69, 9.17) is 4.42 Å². The van der Waals surface area contributed by atoms with Crippen LogP contribution in [0.4, 0.5) is 0 Å². The Morgan fingerprint density at radius 1 is 0.926 bits per heavy atom. The minimum atomic E-state index is -0.931. The van der Waals surface area contributed by atoms with Crippen molar-refractivity contribution in [3.05, 3.63) is 96.1 Å². The van der Waals surface area contributed by atoms with E-state index in [0.29, 0.717) is 28.0 Å². The highest BCUT2D eigenvalue weighted by Crippen LogP contribution is 2.35. The molecule has 0 aliphatic rings. The van der Waals surface area contributed by atoms with Gasteiger partial charge in [-0.25, -0.2) is 9.97 Å². The third-order valence-electron chi connectivity index (χ3n) is 4.30. The largest absolute Gasteiger partial charge is 0.456 e. The molecule has 4 rings (SSSR count). The van der Waals surface area contributed by atoms with E-state index < -0.39 is 6.10 Å². The Hall–Kier alpha value is -3.75. The van der Waals surface area contributed by atoms with Gasteiger partial charge in [-0.1, -0.05) is 36.4 Å². The Morgan fingerprint density at radius 3 is 2.41 bits per heavy atom. The number of aliphatic hydroxyl groups is 1. The van der Waals surface area contributed by atoms with E-state index in [1.165, 1.54) is 6.33 Å². The minimum Gasteiger partial charge on any atom is -0.456 e. The van der Waals surface area contributed by atoms with Gasteiger partial charge in [-0.2, -0.15) is 5.26 Å². The van der Waals surface area contributed by atoms with Crippen molar-refractivity contribution in [1.29, 1.82) is 5.26 Å². The van der Waals surface area contributed by atoms with Crippen molar-refractivity contribution in [3.63, 3.8) is 0 Å². The van der Waals surface area contributed by atoms with Crippen molar-refractivity contribution >= 4 is 0 Å². The molecule has 2 aromatic heterocycles. The molecule has 1 unspecified atom stereocenters. The minimum absolute atomic E-state index is 0.489. The Morgan fingerprint density at radius 2 is 1.67 bits per heavy atom. The molecule has 0 radical (unpaired) electrons. The van der Waals surface area contributed by atoms with Gasteiger partial charge >= 0.3 is 0 Å². The number of hydrogen-bond acceptors (Lipinski definition) is 5. The summed E-state index contributed by atoms with van der Waals surface area (Å²) in [5.41, 5.74) is 3.30. The van der Waals surface area contributed by atoms with E-state index in [2.05, 4.69) is 16.0 Å². The summed E-state index contributed by atoms with van der Waals surface area (Å²) in [7, 11) is 0. The molecule has 0 bridgehead atoms. The van der Waals surface area contributed by atoms with Gasteiger partial charge in [0.2, 0.25) is 0 Å². The second-order valence-electron chi connectivity index (χ2n) is 6.02. The van der Waals surface area contributed by atoms with Crippen LogP contribution in [0.1, 0.15) is 22.8 Å². The van der Waals surface area contributed by atoms with E-state index in [-0.39, 0.29) is 0 Å². The zero-order valence-corrected chi connectivity index (χ0v) is 14.3. The van der Waals surface area contributed by atoms with Crippen LogP contribution in [0.3, 0.4) is 0 Å². The summed E-state index contributed by atoms with van der Waals surface area (Å²) >= 11 is 0. The standard InChI is InChI=1S/C22H15N3O2/c23-11-15-6-7-18(22(26)17-12-24-14-25-13-17)19(10-15)21-9-8-20(27-21)16-4-2-1-3-5-16/h1-10,12-14,22,26H. The van der Waals surface area contributed by atoms with Crippen molar-refractivity contribution in [2.75, 3.05) is 0 Å². The van der Waals surface area contributed by atoms with Crippen LogP contribution >= 0.6 is 0 Å². The molecule has 5 nitrogen and oxygen atoms in total. The maximum atomic E-state index is 10.8. The first-order chi connectivity index (χ1) is 13.3. The average molecular weight is 353 g/mol. The lowest BCUT2D eigenvalue weighted by Crippen LogP contribution is -2.03. The van der Waals surface area contributed by atoms with Gasteiger partial charge in [0.05, 0.1) is 11.6 Å². The van der Waals surface area contributed by atoms with Crippen molar-refractivity contribution in [1.82, 2.24) is 9.97 Å². The Labute approximate surface area is 156 Å². The lowest BCUT2D eigenvalue weighted by Gasteiger charge is -2.14. The molecule has 0 saturated carbocycles. The molecule has 2 heterocycles. The lowest BCUT2D eigenvalue weighted by molar-refractivity contribution is 0.219. The number of benzene rings is 2. The van der Waals surface area contributed by atoms with Gasteiger partial charge in [-0.05, 0) is 29.8 Å². The van der Waals surface area contributed by atoms with Gasteiger partial charge in [-0.15, -0.1) is 0 Å². The van der Waals surface area contributed by atoms with Gasteiger partial charge in [0.25, 0.3) is 0 Å². The predicted molar refractivity (Wildman–Crippen MR) is 100 cm³/mol. The van der Waals surface area contributed by atoms with Crippen LogP contribution in [-0.4, -0.2) is 15.1 Å². The molecular formula is C22H15N3O2. The van der Waals surface area contributed by atoms with E-state index in [9.17, 15) is 10.4 Å². The normalized spacial score (nSPS) is 11.7. The number of aromatic nitrogens is 2. The zero-order valence-electron chi connectivity index (χ0n) is 14.3. The van der Waals surface area contributed by atoms with E-state index in [1.54, 1.807) is 30.6 Å². The molecule has 5 heteroatoms. The Bertz CT molecular complexity index is 1100. The second-order valence-corrected chi connectivity index (χ2v) is 6.02. The molecule has 27 heavy (non-hydrogen) atoms. The summed E-state index contributed by atoms with van der Waals surface area (Å²) in [6, 6.07) is 20.7. The first kappa shape index (κ1) is 16.7. The average Bonchev–Trinajstić information content (AvgIpc) is 3.24. The SMILES string of the molecule is N#Cc1ccc(C(O)c2cncnc2)c(-c2ccc(-c3ccccc3)o2)c1. The van der Waals surface area contributed by atoms with E-state index >= 15 is 0 Å². The maximum Gasteiger partial charge on any atom is 0.135 e. The Kier molecular flexibility index (Phi) is 4.48. The summed E-state index contributed by atoms with van der Waals surface area (Å²) < 4.78 is 6.03. The van der Waals surface area contributed by atoms with Crippen LogP contribution in [0.2, 0.25) is 0 Å². The summed E-state index contributed by atoms with van der Waals surface area (Å²) in [4.78, 5) is 7.93. The summed E-state index contributed by atoms with van der Waals surface area (Å²) in [6.45, 7) is 0. The van der Waals surface area contributed by atoms with Gasteiger partial charge < -0.3 is 9.52 Å². The molecule has 1 atom stereocenters. The van der Waals surface area contributed by atoms with Gasteiger partial charge in [-0.3, -0.25) is 0 Å². The topological polar surface area (TPSA) is 82.9 Å². The summed E-state index contributed by atoms with van der Waals surface area (Å²) in [5.74, 6) is 1.30. The lowest BCUT2D eigenvalue weighted by atomic mass is 9.95. The molecular weight excluding hydrogens is 338 g/mol. The molecule has 4 aromatic rings. The van der Waals surface area contributed by atoms with Crippen LogP contribution in [0.15, 0.2) is 83.8 Å². The molecule has 0 aliphatic heterocycles. The first-order valence-corrected chi connectivity index (χ1v) is 8.39. The van der Waals surface area contributed by atoms with Gasteiger partial charge in [0.1, 0.15) is 24.0 Å². The molecule has 0 spiro atoms. The smallest absolute Gasteiger partial charge is 0.135 e. The number of rotatable bonds is 4. The number of aliphatic hydroxyl groups excluding tert-OH is 1. The highest BCUT2D eigenvalue weighted by atomic mass is 16.3. The fraction of sp³-hybridized carbons (Fsp3) is 0.0455. The van der Waals surface area contributed by atoms with Crippen molar-refractivity contribution in [3.8, 4) is 28.7 Å². The first-order valence-electron chi connectivity index (χ1n) is 8.39. The third kappa shape index (κ3) is 3.34. The van der Waals surface area contributed by atoms with E-state index in [1.807, 2.05) is 42.5 Å². The molecule has 1 N–H and O–H groups in total. The van der Waals surface area contributed by atoms with Crippen molar-refractivity contribution in [2.45, 2.75) is 6.10 Å². The van der Waals surface area contributed by atoms with Gasteiger partial charge in [0, 0.05) is 29.1 Å². The zero-order chi connectivity index (χ0) is 18.6. The predicted octanol–water partition coefficient (Wildman–Crippen LogP) is 4.36. The van der Waals surface area contributed by atoms with Crippen molar-refractivity contribution < 1.29 is 9.52 Å². The fourth-order valence-corrected chi connectivity index (χ4v) is 2.95. The fourth-order valence-electron chi connectivity index (χ4n) is 2.95. The highest BCUT2D eigenvalue weighted by Gasteiger charge is 2.19. The second kappa shape index (κ2) is 7.24. The number of furan rings is 1. The monoisotopic (exact) mass is 353 g/mol. The van der Waals surface area contributed by atoms with Crippen LogP contribution in [0.25, 0.3) is 22.6 Å². The number of nitrogens with zero attached hydrogens (tertiary/aromatic N) is 3. The maximum absolute atomic E-state index is 10.8. The Balaban J connectivity index is 1.80. The highest BCUT2D eigenvalue weighted by molar-refractivity contribution is 5.69. The number of hydrogen-bond donors (Lipinski definition) is 1. The molecule has 0 aliphatic carbocycles. The van der Waals surface area contributed by atoms with Crippen LogP contribution in [-0.2, 0) is 0 Å². The van der Waals surface area contributed by atoms with E-state index in [0.717, 1.165) is 11.3 Å². The van der Waals surface area contributed by atoms with Crippen LogP contribution in [0.5, 0.6) is 0 Å². The third-order valence-corrected chi connectivity index (χ3v) is 4.30. The number of nitriles is 1. The summed E-state index contributed by atoms with van der Waals surface area (Å²) in [6.07, 6.45) is 3.61. The molecule has 0 amide bonds.